The fourth-order valence-electron chi connectivity index (χ4n) is 1.57. The highest BCUT2D eigenvalue weighted by Gasteiger charge is 2.13. The van der Waals surface area contributed by atoms with Crippen LogP contribution < -0.4 is 0 Å². The number of carbonyl (C=O) groups excluding carboxylic acids is 1. The number of rotatable bonds is 4. The van der Waals surface area contributed by atoms with Gasteiger partial charge >= 0.3 is 0 Å². The molecular weight excluding hydrogens is 262 g/mol. The van der Waals surface area contributed by atoms with Crippen molar-refractivity contribution >= 4 is 29.4 Å². The van der Waals surface area contributed by atoms with Crippen molar-refractivity contribution in [3.05, 3.63) is 23.7 Å². The minimum atomic E-state index is -0.0472. The van der Waals surface area contributed by atoms with Crippen LogP contribution in [0, 0.1) is 0 Å². The summed E-state index contributed by atoms with van der Waals surface area (Å²) in [5.41, 5.74) is 1.22. The third-order valence-corrected chi connectivity index (χ3v) is 3.01. The maximum atomic E-state index is 11.7. The van der Waals surface area contributed by atoms with Crippen molar-refractivity contribution in [2.45, 2.75) is 12.1 Å². The number of hydrogen-bond donors (Lipinski definition) is 0. The summed E-state index contributed by atoms with van der Waals surface area (Å²) in [6, 6.07) is 0. The zero-order valence-corrected chi connectivity index (χ0v) is 12.1. The molecule has 2 heterocycles. The number of ketones is 1. The Balaban J connectivity index is 2.68. The van der Waals surface area contributed by atoms with Crippen molar-refractivity contribution in [1.29, 1.82) is 0 Å². The SMILES string of the molecule is CSc1nc2ncc(C(C)=O)c(C=CN(C)C)n2n1. The molecule has 0 saturated carbocycles. The van der Waals surface area contributed by atoms with Gasteiger partial charge in [-0.15, -0.1) is 5.10 Å². The zero-order chi connectivity index (χ0) is 14.0. The van der Waals surface area contributed by atoms with Gasteiger partial charge in [-0.05, 0) is 19.3 Å². The summed E-state index contributed by atoms with van der Waals surface area (Å²) in [5.74, 6) is 0.446. The van der Waals surface area contributed by atoms with Gasteiger partial charge in [-0.1, -0.05) is 11.8 Å². The Morgan fingerprint density at radius 1 is 1.47 bits per heavy atom. The van der Waals surface area contributed by atoms with Crippen LogP contribution in [0.5, 0.6) is 0 Å². The minimum Gasteiger partial charge on any atom is -0.383 e. The van der Waals surface area contributed by atoms with E-state index in [0.29, 0.717) is 22.2 Å². The van der Waals surface area contributed by atoms with E-state index in [9.17, 15) is 4.79 Å². The Hall–Kier alpha value is -1.89. The molecule has 7 heteroatoms. The van der Waals surface area contributed by atoms with E-state index >= 15 is 0 Å². The molecule has 19 heavy (non-hydrogen) atoms. The molecule has 0 bridgehead atoms. The largest absolute Gasteiger partial charge is 0.383 e. The van der Waals surface area contributed by atoms with Crippen LogP contribution in [0.25, 0.3) is 11.9 Å². The quantitative estimate of drug-likeness (QED) is 0.624. The Kier molecular flexibility index (Phi) is 3.84. The molecule has 0 aliphatic carbocycles. The van der Waals surface area contributed by atoms with Gasteiger partial charge < -0.3 is 4.90 Å². The van der Waals surface area contributed by atoms with Crippen molar-refractivity contribution in [2.75, 3.05) is 20.4 Å². The first-order valence-electron chi connectivity index (χ1n) is 5.68. The van der Waals surface area contributed by atoms with E-state index in [-0.39, 0.29) is 5.78 Å². The fourth-order valence-corrected chi connectivity index (χ4v) is 1.91. The van der Waals surface area contributed by atoms with Crippen LogP contribution in [0.1, 0.15) is 23.0 Å². The standard InChI is InChI=1S/C12H15N5OS/c1-8(18)9-7-13-11-14-12(19-4)15-17(11)10(9)5-6-16(2)3/h5-7H,1-4H3. The van der Waals surface area contributed by atoms with Crippen molar-refractivity contribution in [3.8, 4) is 0 Å². The lowest BCUT2D eigenvalue weighted by Crippen LogP contribution is -2.07. The molecule has 100 valence electrons. The van der Waals surface area contributed by atoms with E-state index in [1.807, 2.05) is 37.5 Å². The van der Waals surface area contributed by atoms with E-state index < -0.39 is 0 Å². The van der Waals surface area contributed by atoms with Gasteiger partial charge in [-0.2, -0.15) is 9.50 Å². The predicted octanol–water partition coefficient (Wildman–Crippen LogP) is 1.58. The van der Waals surface area contributed by atoms with E-state index in [2.05, 4.69) is 15.1 Å². The molecule has 6 nitrogen and oxygen atoms in total. The zero-order valence-electron chi connectivity index (χ0n) is 11.3. The van der Waals surface area contributed by atoms with E-state index in [0.717, 1.165) is 0 Å². The summed E-state index contributed by atoms with van der Waals surface area (Å²) in [6.45, 7) is 1.52. The van der Waals surface area contributed by atoms with Crippen LogP contribution in [0.15, 0.2) is 17.6 Å². The highest BCUT2D eigenvalue weighted by atomic mass is 32.2. The summed E-state index contributed by atoms with van der Waals surface area (Å²) < 4.78 is 1.60. The first-order valence-corrected chi connectivity index (χ1v) is 6.90. The molecule has 0 aliphatic heterocycles. The number of Topliss-reactive ketones (excluding diaryl/α,β-unsaturated/α-hetero) is 1. The summed E-state index contributed by atoms with van der Waals surface area (Å²) in [4.78, 5) is 22.0. The first-order chi connectivity index (χ1) is 9.02. The molecule has 0 aliphatic rings. The number of fused-ring (bicyclic) bond motifs is 1. The lowest BCUT2D eigenvalue weighted by atomic mass is 10.1. The van der Waals surface area contributed by atoms with Crippen molar-refractivity contribution in [3.63, 3.8) is 0 Å². The number of hydrogen-bond acceptors (Lipinski definition) is 6. The maximum Gasteiger partial charge on any atom is 0.253 e. The molecule has 0 spiro atoms. The van der Waals surface area contributed by atoms with Gasteiger partial charge in [0, 0.05) is 26.5 Å². The number of aromatic nitrogens is 4. The lowest BCUT2D eigenvalue weighted by Gasteiger charge is -2.06. The Labute approximate surface area is 115 Å². The number of nitrogens with zero attached hydrogens (tertiary/aromatic N) is 5. The van der Waals surface area contributed by atoms with Crippen molar-refractivity contribution in [2.24, 2.45) is 0 Å². The monoisotopic (exact) mass is 277 g/mol. The highest BCUT2D eigenvalue weighted by molar-refractivity contribution is 7.98. The molecule has 0 amide bonds. The topological polar surface area (TPSA) is 63.4 Å². The Morgan fingerprint density at radius 2 is 2.21 bits per heavy atom. The van der Waals surface area contributed by atoms with Gasteiger partial charge in [-0.3, -0.25) is 4.79 Å². The Bertz CT molecular complexity index is 647. The van der Waals surface area contributed by atoms with Crippen LogP contribution in [0.3, 0.4) is 0 Å². The summed E-state index contributed by atoms with van der Waals surface area (Å²) in [5, 5.41) is 4.97. The average molecular weight is 277 g/mol. The smallest absolute Gasteiger partial charge is 0.253 e. The van der Waals surface area contributed by atoms with Gasteiger partial charge in [0.2, 0.25) is 5.16 Å². The van der Waals surface area contributed by atoms with Crippen molar-refractivity contribution in [1.82, 2.24) is 24.5 Å². The minimum absolute atomic E-state index is 0.0472. The van der Waals surface area contributed by atoms with E-state index in [1.165, 1.54) is 18.7 Å². The molecule has 0 saturated heterocycles. The Morgan fingerprint density at radius 3 is 2.79 bits per heavy atom. The molecule has 0 unspecified atom stereocenters. The third-order valence-electron chi connectivity index (χ3n) is 2.48. The van der Waals surface area contributed by atoms with Crippen LogP contribution in [0.2, 0.25) is 0 Å². The predicted molar refractivity (Wildman–Crippen MR) is 75.3 cm³/mol. The highest BCUT2D eigenvalue weighted by Crippen LogP contribution is 2.16. The normalized spacial score (nSPS) is 11.4. The average Bonchev–Trinajstić information content (AvgIpc) is 2.78. The second kappa shape index (κ2) is 5.40. The van der Waals surface area contributed by atoms with Crippen LogP contribution in [0.4, 0.5) is 0 Å². The van der Waals surface area contributed by atoms with Crippen molar-refractivity contribution < 1.29 is 4.79 Å². The second-order valence-corrected chi connectivity index (χ2v) is 4.98. The summed E-state index contributed by atoms with van der Waals surface area (Å²) in [6.07, 6.45) is 7.15. The van der Waals surface area contributed by atoms with Crippen LogP contribution >= 0.6 is 11.8 Å². The molecule has 0 fully saturated rings. The van der Waals surface area contributed by atoms with Crippen LogP contribution in [-0.4, -0.2) is 50.6 Å². The molecule has 2 aromatic rings. The van der Waals surface area contributed by atoms with Gasteiger partial charge in [0.25, 0.3) is 5.78 Å². The van der Waals surface area contributed by atoms with E-state index in [4.69, 9.17) is 0 Å². The summed E-state index contributed by atoms with van der Waals surface area (Å²) in [7, 11) is 3.83. The molecule has 0 atom stereocenters. The lowest BCUT2D eigenvalue weighted by molar-refractivity contribution is 0.101. The van der Waals surface area contributed by atoms with E-state index in [1.54, 1.807) is 10.7 Å². The van der Waals surface area contributed by atoms with Crippen LogP contribution in [-0.2, 0) is 0 Å². The van der Waals surface area contributed by atoms with Gasteiger partial charge in [0.05, 0.1) is 11.3 Å². The number of carbonyl (C=O) groups is 1. The van der Waals surface area contributed by atoms with Gasteiger partial charge in [0.15, 0.2) is 5.78 Å². The molecule has 0 aromatic carbocycles. The maximum absolute atomic E-state index is 11.7. The first kappa shape index (κ1) is 13.5. The molecule has 0 radical (unpaired) electrons. The molecule has 2 rings (SSSR count). The number of thioether (sulfide) groups is 1. The summed E-state index contributed by atoms with van der Waals surface area (Å²) >= 11 is 1.44. The molecular formula is C12H15N5OS. The van der Waals surface area contributed by atoms with Gasteiger partial charge in [-0.25, -0.2) is 4.98 Å². The second-order valence-electron chi connectivity index (χ2n) is 4.20. The van der Waals surface area contributed by atoms with Gasteiger partial charge in [0.1, 0.15) is 0 Å². The third kappa shape index (κ3) is 2.76. The molecule has 2 aromatic heterocycles. The molecule has 0 N–H and O–H groups in total. The fraction of sp³-hybridized carbons (Fsp3) is 0.333.